The summed E-state index contributed by atoms with van der Waals surface area (Å²) < 4.78 is 0. The smallest absolute Gasteiger partial charge is 0.0413 e. The first kappa shape index (κ1) is 16.2. The second-order valence-electron chi connectivity index (χ2n) is 7.75. The zero-order chi connectivity index (χ0) is 14.0. The second-order valence-corrected chi connectivity index (χ2v) is 10.7. The van der Waals surface area contributed by atoms with Crippen LogP contribution in [0, 0.1) is 0 Å². The van der Waals surface area contributed by atoms with E-state index in [0.29, 0.717) is 0 Å². The molecule has 18 heavy (non-hydrogen) atoms. The molecule has 1 N–H and O–H groups in total. The van der Waals surface area contributed by atoms with E-state index < -0.39 is 0 Å². The molecule has 1 aliphatic rings. The molecule has 0 spiro atoms. The van der Waals surface area contributed by atoms with Gasteiger partial charge in [-0.3, -0.25) is 0 Å². The number of nitrogens with one attached hydrogen (secondary N) is 1. The summed E-state index contributed by atoms with van der Waals surface area (Å²) in [5.41, 5.74) is 0.538. The van der Waals surface area contributed by atoms with Crippen LogP contribution in [0.5, 0.6) is 0 Å². The molecule has 0 aromatic rings. The first-order chi connectivity index (χ1) is 8.11. The van der Waals surface area contributed by atoms with Crippen molar-refractivity contribution in [1.29, 1.82) is 0 Å². The predicted molar refractivity (Wildman–Crippen MR) is 83.9 cm³/mol. The molecule has 1 fully saturated rings. The Bertz CT molecular complexity index is 245. The summed E-state index contributed by atoms with van der Waals surface area (Å²) in [7, 11) is 2.27. The van der Waals surface area contributed by atoms with E-state index in [-0.39, 0.29) is 19.9 Å². The Morgan fingerprint density at radius 1 is 1.11 bits per heavy atom. The maximum Gasteiger partial charge on any atom is 0.0413 e. The van der Waals surface area contributed by atoms with Gasteiger partial charge >= 0.3 is 0 Å². The number of hydrogen-bond acceptors (Lipinski definition) is 2. The summed E-state index contributed by atoms with van der Waals surface area (Å²) in [6, 6.07) is 2.19. The van der Waals surface area contributed by atoms with Crippen LogP contribution < -0.4 is 5.32 Å². The zero-order valence-electron chi connectivity index (χ0n) is 13.6. The quantitative estimate of drug-likeness (QED) is 0.770. The topological polar surface area (TPSA) is 15.3 Å². The molecule has 0 aromatic heterocycles. The lowest BCUT2D eigenvalue weighted by Crippen LogP contribution is -2.61. The molecule has 0 bridgehead atoms. The molecule has 2 nitrogen and oxygen atoms in total. The van der Waals surface area contributed by atoms with Gasteiger partial charge in [-0.25, -0.2) is 0 Å². The summed E-state index contributed by atoms with van der Waals surface area (Å²) in [4.78, 5) is 2.61. The lowest BCUT2D eigenvalue weighted by Gasteiger charge is -2.49. The van der Waals surface area contributed by atoms with Gasteiger partial charge in [0.15, 0.2) is 0 Å². The summed E-state index contributed by atoms with van der Waals surface area (Å²) in [6.07, 6.45) is 3.91. The molecule has 3 heteroatoms. The highest BCUT2D eigenvalue weighted by atomic mass is 28.3. The summed E-state index contributed by atoms with van der Waals surface area (Å²) >= 11 is 0. The number of hydrogen-bond donors (Lipinski definition) is 1. The van der Waals surface area contributed by atoms with E-state index in [0.717, 1.165) is 6.04 Å². The van der Waals surface area contributed by atoms with Crippen molar-refractivity contribution in [2.24, 2.45) is 0 Å². The zero-order valence-corrected chi connectivity index (χ0v) is 14.6. The molecule has 1 aliphatic heterocycles. The number of rotatable bonds is 5. The normalized spacial score (nSPS) is 23.8. The first-order valence-corrected chi connectivity index (χ1v) is 10.1. The Morgan fingerprint density at radius 3 is 2.06 bits per heavy atom. The summed E-state index contributed by atoms with van der Waals surface area (Å²) in [5, 5.41) is 3.77. The molecule has 0 atom stereocenters. The van der Waals surface area contributed by atoms with Gasteiger partial charge in [-0.05, 0) is 60.5 Å². The molecule has 0 unspecified atom stereocenters. The molecule has 0 aromatic carbocycles. The molecule has 0 saturated carbocycles. The van der Waals surface area contributed by atoms with Crippen molar-refractivity contribution in [3.63, 3.8) is 0 Å². The average molecular weight is 270 g/mol. The van der Waals surface area contributed by atoms with Gasteiger partial charge in [-0.2, -0.15) is 0 Å². The third kappa shape index (κ3) is 5.41. The van der Waals surface area contributed by atoms with Crippen molar-refractivity contribution in [1.82, 2.24) is 10.2 Å². The van der Waals surface area contributed by atoms with Gasteiger partial charge in [0.2, 0.25) is 0 Å². The minimum atomic E-state index is -0.0444. The Kier molecular flexibility index (Phi) is 5.45. The van der Waals surface area contributed by atoms with Gasteiger partial charge in [0.25, 0.3) is 0 Å². The first-order valence-electron chi connectivity index (χ1n) is 7.40. The van der Waals surface area contributed by atoms with E-state index in [2.05, 4.69) is 58.1 Å². The van der Waals surface area contributed by atoms with E-state index >= 15 is 0 Å². The van der Waals surface area contributed by atoms with Gasteiger partial charge in [0.1, 0.15) is 0 Å². The maximum absolute atomic E-state index is 3.77. The third-order valence-corrected chi connectivity index (χ3v) is 5.33. The van der Waals surface area contributed by atoms with Crippen molar-refractivity contribution < 1.29 is 0 Å². The van der Waals surface area contributed by atoms with Gasteiger partial charge in [-0.1, -0.05) is 19.1 Å². The van der Waals surface area contributed by atoms with Crippen LogP contribution in [0.1, 0.15) is 47.0 Å². The van der Waals surface area contributed by atoms with Crippen LogP contribution in [-0.4, -0.2) is 44.4 Å². The fourth-order valence-corrected chi connectivity index (χ4v) is 4.31. The fraction of sp³-hybridized carbons (Fsp3) is 1.00. The van der Waals surface area contributed by atoms with Crippen molar-refractivity contribution in [3.05, 3.63) is 0 Å². The SMILES string of the molecule is CN(CCC[Si](C)C)C1CC(C)(C)NC(C)(C)C1. The lowest BCUT2D eigenvalue weighted by molar-refractivity contribution is 0.0816. The van der Waals surface area contributed by atoms with Crippen LogP contribution in [0.2, 0.25) is 19.1 Å². The van der Waals surface area contributed by atoms with Gasteiger partial charge in [0, 0.05) is 25.9 Å². The second kappa shape index (κ2) is 6.06. The third-order valence-electron chi connectivity index (χ3n) is 3.98. The molecule has 1 rings (SSSR count). The van der Waals surface area contributed by atoms with Crippen LogP contribution >= 0.6 is 0 Å². The lowest BCUT2D eigenvalue weighted by atomic mass is 9.79. The maximum atomic E-state index is 3.77. The van der Waals surface area contributed by atoms with Crippen LogP contribution in [-0.2, 0) is 0 Å². The average Bonchev–Trinajstić information content (AvgIpc) is 2.11. The highest BCUT2D eigenvalue weighted by Gasteiger charge is 2.38. The van der Waals surface area contributed by atoms with Crippen molar-refractivity contribution in [3.8, 4) is 0 Å². The standard InChI is InChI=1S/C15H33N2Si/c1-14(2)11-13(12-15(3,4)16-14)17(5)9-8-10-18(6)7/h13,16H,8-12H2,1-7H3. The molecule has 1 saturated heterocycles. The Labute approximate surface area is 116 Å². The van der Waals surface area contributed by atoms with Crippen LogP contribution in [0.15, 0.2) is 0 Å². The number of nitrogens with zero attached hydrogens (tertiary/aromatic N) is 1. The highest BCUT2D eigenvalue weighted by molar-refractivity contribution is 6.55. The van der Waals surface area contributed by atoms with Gasteiger partial charge in [0.05, 0.1) is 0 Å². The molecule has 0 aliphatic carbocycles. The Balaban J connectivity index is 2.49. The number of piperidine rings is 1. The van der Waals surface area contributed by atoms with Gasteiger partial charge in [-0.15, -0.1) is 0 Å². The molecule has 1 radical (unpaired) electrons. The van der Waals surface area contributed by atoms with Gasteiger partial charge < -0.3 is 10.2 Å². The molecular formula is C15H33N2Si. The summed E-state index contributed by atoms with van der Waals surface area (Å²) in [6.45, 7) is 15.5. The van der Waals surface area contributed by atoms with Crippen LogP contribution in [0.25, 0.3) is 0 Å². The van der Waals surface area contributed by atoms with E-state index in [4.69, 9.17) is 0 Å². The predicted octanol–water partition coefficient (Wildman–Crippen LogP) is 3.37. The van der Waals surface area contributed by atoms with E-state index in [1.807, 2.05) is 0 Å². The van der Waals surface area contributed by atoms with Crippen molar-refractivity contribution in [2.75, 3.05) is 13.6 Å². The molecular weight excluding hydrogens is 236 g/mol. The van der Waals surface area contributed by atoms with Crippen molar-refractivity contribution in [2.45, 2.75) is 83.2 Å². The highest BCUT2D eigenvalue weighted by Crippen LogP contribution is 2.31. The summed E-state index contributed by atoms with van der Waals surface area (Å²) in [5.74, 6) is 0. The van der Waals surface area contributed by atoms with Crippen LogP contribution in [0.4, 0.5) is 0 Å². The Hall–Kier alpha value is 0.137. The minimum absolute atomic E-state index is 0.0444. The molecule has 1 heterocycles. The van der Waals surface area contributed by atoms with Crippen molar-refractivity contribution >= 4 is 8.80 Å². The molecule has 107 valence electrons. The monoisotopic (exact) mass is 269 g/mol. The van der Waals surface area contributed by atoms with E-state index in [9.17, 15) is 0 Å². The van der Waals surface area contributed by atoms with Crippen LogP contribution in [0.3, 0.4) is 0 Å². The van der Waals surface area contributed by atoms with E-state index in [1.165, 1.54) is 31.9 Å². The minimum Gasteiger partial charge on any atom is -0.307 e. The fourth-order valence-electron chi connectivity index (χ4n) is 3.44. The molecule has 0 amide bonds. The largest absolute Gasteiger partial charge is 0.307 e. The Morgan fingerprint density at radius 2 is 1.61 bits per heavy atom. The van der Waals surface area contributed by atoms with E-state index in [1.54, 1.807) is 0 Å².